The topological polar surface area (TPSA) is 47.2 Å². The maximum atomic E-state index is 14.1. The van der Waals surface area contributed by atoms with E-state index >= 15 is 0 Å². The first-order valence-electron chi connectivity index (χ1n) is 8.57. The fourth-order valence-corrected chi connectivity index (χ4v) is 2.89. The summed E-state index contributed by atoms with van der Waals surface area (Å²) < 4.78 is 21.5. The third-order valence-electron chi connectivity index (χ3n) is 4.24. The van der Waals surface area contributed by atoms with Crippen molar-refractivity contribution in [3.05, 3.63) is 59.2 Å². The van der Waals surface area contributed by atoms with Gasteiger partial charge in [-0.2, -0.15) is 0 Å². The number of carbonyl (C=O) groups excluding carboxylic acids is 1. The molecular formula is C20H23FN2O2. The second-order valence-corrected chi connectivity index (χ2v) is 6.75. The quantitative estimate of drug-likeness (QED) is 0.717. The van der Waals surface area contributed by atoms with E-state index in [1.54, 1.807) is 24.3 Å². The van der Waals surface area contributed by atoms with Crippen molar-refractivity contribution >= 4 is 17.0 Å². The van der Waals surface area contributed by atoms with Gasteiger partial charge >= 0.3 is 0 Å². The van der Waals surface area contributed by atoms with Crippen LogP contribution < -0.4 is 5.32 Å². The minimum Gasteiger partial charge on any atom is -0.460 e. The van der Waals surface area contributed by atoms with E-state index in [4.69, 9.17) is 4.42 Å². The second-order valence-electron chi connectivity index (χ2n) is 6.75. The molecule has 5 heteroatoms. The van der Waals surface area contributed by atoms with Gasteiger partial charge in [0.1, 0.15) is 17.3 Å². The van der Waals surface area contributed by atoms with E-state index in [0.717, 1.165) is 17.7 Å². The maximum Gasteiger partial charge on any atom is 0.268 e. The van der Waals surface area contributed by atoms with Crippen LogP contribution in [0.15, 0.2) is 40.8 Å². The molecule has 1 aromatic carbocycles. The lowest BCUT2D eigenvalue weighted by atomic mass is 10.1. The Balaban J connectivity index is 1.93. The molecule has 25 heavy (non-hydrogen) atoms. The molecule has 0 aliphatic heterocycles. The molecule has 4 nitrogen and oxygen atoms in total. The monoisotopic (exact) mass is 342 g/mol. The molecule has 0 radical (unpaired) electrons. The number of aryl methyl sites for hydroxylation is 1. The fourth-order valence-electron chi connectivity index (χ4n) is 2.89. The van der Waals surface area contributed by atoms with Crippen LogP contribution in [-0.2, 0) is 6.54 Å². The summed E-state index contributed by atoms with van der Waals surface area (Å²) in [5.41, 5.74) is 2.47. The zero-order chi connectivity index (χ0) is 18.0. The number of benzene rings is 1. The Morgan fingerprint density at radius 1 is 1.28 bits per heavy atom. The minimum absolute atomic E-state index is 0.166. The van der Waals surface area contributed by atoms with Crippen molar-refractivity contribution in [2.75, 3.05) is 6.54 Å². The van der Waals surface area contributed by atoms with Gasteiger partial charge in [0, 0.05) is 24.2 Å². The van der Waals surface area contributed by atoms with Crippen LogP contribution in [0.5, 0.6) is 0 Å². The van der Waals surface area contributed by atoms with E-state index in [2.05, 4.69) is 19.2 Å². The minimum atomic E-state index is -0.282. The average molecular weight is 342 g/mol. The molecule has 2 heterocycles. The van der Waals surface area contributed by atoms with Gasteiger partial charge in [0.25, 0.3) is 5.91 Å². The lowest BCUT2D eigenvalue weighted by Crippen LogP contribution is -2.27. The molecule has 0 aliphatic rings. The van der Waals surface area contributed by atoms with Crippen molar-refractivity contribution in [2.45, 2.75) is 33.7 Å². The third kappa shape index (κ3) is 3.76. The van der Waals surface area contributed by atoms with Gasteiger partial charge in [-0.1, -0.05) is 32.0 Å². The highest BCUT2D eigenvalue weighted by Gasteiger charge is 2.19. The summed E-state index contributed by atoms with van der Waals surface area (Å²) in [6.07, 6.45) is 0.912. The molecule has 0 unspecified atom stereocenters. The molecular weight excluding hydrogens is 319 g/mol. The molecule has 0 saturated carbocycles. The fraction of sp³-hybridized carbons (Fsp3) is 0.350. The highest BCUT2D eigenvalue weighted by molar-refractivity contribution is 5.97. The Morgan fingerprint density at radius 3 is 2.76 bits per heavy atom. The molecule has 1 N–H and O–H groups in total. The predicted octanol–water partition coefficient (Wildman–Crippen LogP) is 4.51. The number of hydrogen-bond donors (Lipinski definition) is 1. The van der Waals surface area contributed by atoms with Crippen LogP contribution in [0, 0.1) is 18.7 Å². The second kappa shape index (κ2) is 7.13. The molecule has 1 amide bonds. The summed E-state index contributed by atoms with van der Waals surface area (Å²) >= 11 is 0. The zero-order valence-corrected chi connectivity index (χ0v) is 14.8. The Hall–Kier alpha value is -2.56. The smallest absolute Gasteiger partial charge is 0.268 e. The largest absolute Gasteiger partial charge is 0.460 e. The molecule has 0 bridgehead atoms. The van der Waals surface area contributed by atoms with Crippen molar-refractivity contribution in [2.24, 2.45) is 5.92 Å². The SMILES string of the molecule is Cc1cc2c(cc(C(=O)NCCC(C)C)n2Cc2ccccc2F)o1. The lowest BCUT2D eigenvalue weighted by Gasteiger charge is -2.12. The van der Waals surface area contributed by atoms with Gasteiger partial charge in [-0.25, -0.2) is 4.39 Å². The van der Waals surface area contributed by atoms with Crippen molar-refractivity contribution < 1.29 is 13.6 Å². The van der Waals surface area contributed by atoms with Crippen molar-refractivity contribution in [3.63, 3.8) is 0 Å². The van der Waals surface area contributed by atoms with Crippen LogP contribution in [0.3, 0.4) is 0 Å². The summed E-state index contributed by atoms with van der Waals surface area (Å²) in [5.74, 6) is 0.834. The Morgan fingerprint density at radius 2 is 2.04 bits per heavy atom. The summed E-state index contributed by atoms with van der Waals surface area (Å²) in [5, 5.41) is 2.94. The van der Waals surface area contributed by atoms with Crippen LogP contribution in [0.2, 0.25) is 0 Å². The van der Waals surface area contributed by atoms with Crippen LogP contribution in [0.4, 0.5) is 4.39 Å². The van der Waals surface area contributed by atoms with Gasteiger partial charge in [0.15, 0.2) is 5.58 Å². The summed E-state index contributed by atoms with van der Waals surface area (Å²) in [7, 11) is 0. The predicted molar refractivity (Wildman–Crippen MR) is 96.2 cm³/mol. The van der Waals surface area contributed by atoms with E-state index in [9.17, 15) is 9.18 Å². The molecule has 3 aromatic rings. The van der Waals surface area contributed by atoms with Gasteiger partial charge in [0.2, 0.25) is 0 Å². The standard InChI is InChI=1S/C20H23FN2O2/c1-13(2)8-9-22-20(24)18-11-19-17(10-14(3)25-19)23(18)12-15-6-4-5-7-16(15)21/h4-7,10-11,13H,8-9,12H2,1-3H3,(H,22,24). The number of nitrogens with one attached hydrogen (secondary N) is 1. The Kier molecular flexibility index (Phi) is 4.93. The molecule has 132 valence electrons. The number of rotatable bonds is 6. The van der Waals surface area contributed by atoms with Crippen molar-refractivity contribution in [3.8, 4) is 0 Å². The molecule has 0 spiro atoms. The van der Waals surface area contributed by atoms with Crippen molar-refractivity contribution in [1.82, 2.24) is 9.88 Å². The lowest BCUT2D eigenvalue weighted by molar-refractivity contribution is 0.0943. The highest BCUT2D eigenvalue weighted by atomic mass is 19.1. The number of halogens is 1. The van der Waals surface area contributed by atoms with Gasteiger partial charge < -0.3 is 14.3 Å². The maximum absolute atomic E-state index is 14.1. The van der Waals surface area contributed by atoms with Gasteiger partial charge in [-0.05, 0) is 25.3 Å². The van der Waals surface area contributed by atoms with E-state index in [1.165, 1.54) is 6.07 Å². The summed E-state index contributed by atoms with van der Waals surface area (Å²) in [4.78, 5) is 12.6. The third-order valence-corrected chi connectivity index (χ3v) is 4.24. The molecule has 3 rings (SSSR count). The number of nitrogens with zero attached hydrogens (tertiary/aromatic N) is 1. The van der Waals surface area contributed by atoms with Crippen molar-refractivity contribution in [1.29, 1.82) is 0 Å². The normalized spacial score (nSPS) is 11.4. The molecule has 0 atom stereocenters. The Bertz CT molecular complexity index is 892. The summed E-state index contributed by atoms with van der Waals surface area (Å²) in [6.45, 7) is 6.98. The van der Waals surface area contributed by atoms with E-state index in [0.29, 0.717) is 29.3 Å². The van der Waals surface area contributed by atoms with E-state index in [1.807, 2.05) is 17.6 Å². The van der Waals surface area contributed by atoms with E-state index in [-0.39, 0.29) is 18.3 Å². The number of furan rings is 1. The highest BCUT2D eigenvalue weighted by Crippen LogP contribution is 2.25. The number of fused-ring (bicyclic) bond motifs is 1. The first-order valence-corrected chi connectivity index (χ1v) is 8.57. The molecule has 2 aromatic heterocycles. The average Bonchev–Trinajstić information content (AvgIpc) is 3.06. The van der Waals surface area contributed by atoms with Crippen LogP contribution in [0.1, 0.15) is 42.1 Å². The van der Waals surface area contributed by atoms with Gasteiger partial charge in [-0.15, -0.1) is 0 Å². The van der Waals surface area contributed by atoms with Gasteiger partial charge in [0.05, 0.1) is 12.1 Å². The summed E-state index contributed by atoms with van der Waals surface area (Å²) in [6, 6.07) is 10.2. The Labute approximate surface area is 146 Å². The molecule has 0 aliphatic carbocycles. The van der Waals surface area contributed by atoms with Crippen LogP contribution >= 0.6 is 0 Å². The first kappa shape index (κ1) is 17.3. The molecule has 0 saturated heterocycles. The zero-order valence-electron chi connectivity index (χ0n) is 14.8. The number of aromatic nitrogens is 1. The van der Waals surface area contributed by atoms with Crippen LogP contribution in [-0.4, -0.2) is 17.0 Å². The number of amides is 1. The van der Waals surface area contributed by atoms with E-state index < -0.39 is 0 Å². The molecule has 0 fully saturated rings. The number of carbonyl (C=O) groups is 1. The van der Waals surface area contributed by atoms with Crippen LogP contribution in [0.25, 0.3) is 11.1 Å². The number of hydrogen-bond acceptors (Lipinski definition) is 2. The first-order chi connectivity index (χ1) is 12.0. The van der Waals surface area contributed by atoms with Gasteiger partial charge in [-0.3, -0.25) is 4.79 Å².